The van der Waals surface area contributed by atoms with Crippen molar-refractivity contribution in [2.45, 2.75) is 12.7 Å². The van der Waals surface area contributed by atoms with Gasteiger partial charge in [0, 0.05) is 5.57 Å². The first-order valence-electron chi connectivity index (χ1n) is 7.77. The summed E-state index contributed by atoms with van der Waals surface area (Å²) >= 11 is 0. The van der Waals surface area contributed by atoms with Gasteiger partial charge < -0.3 is 9.47 Å². The summed E-state index contributed by atoms with van der Waals surface area (Å²) in [7, 11) is 0. The van der Waals surface area contributed by atoms with E-state index in [2.05, 4.69) is 20.0 Å². The molecule has 0 N–H and O–H groups in total. The van der Waals surface area contributed by atoms with Gasteiger partial charge in [-0.25, -0.2) is 0 Å². The molecule has 0 saturated heterocycles. The number of hydrogen-bond acceptors (Lipinski definition) is 4. The Labute approximate surface area is 159 Å². The summed E-state index contributed by atoms with van der Waals surface area (Å²) < 4.78 is 81.2. The van der Waals surface area contributed by atoms with Crippen LogP contribution in [0.4, 0.5) is 26.3 Å². The number of ether oxygens (including phenoxy) is 2. The summed E-state index contributed by atoms with van der Waals surface area (Å²) in [5, 5.41) is 3.55. The highest BCUT2D eigenvalue weighted by Gasteiger charge is 2.32. The molecule has 0 spiro atoms. The normalized spacial score (nSPS) is 14.6. The predicted octanol–water partition coefficient (Wildman–Crippen LogP) is 4.53. The fraction of sp³-hybridized carbons (Fsp3) is 0.111. The van der Waals surface area contributed by atoms with Crippen LogP contribution in [0.2, 0.25) is 0 Å². The highest BCUT2D eigenvalue weighted by atomic mass is 19.4. The molecule has 0 fully saturated rings. The Morgan fingerprint density at radius 3 is 1.59 bits per heavy atom. The summed E-state index contributed by atoms with van der Waals surface area (Å²) in [6.45, 7) is 0. The molecule has 0 bridgehead atoms. The minimum atomic E-state index is -4.87. The Kier molecular flexibility index (Phi) is 5.23. The van der Waals surface area contributed by atoms with Crippen LogP contribution in [0.25, 0.3) is 11.1 Å². The van der Waals surface area contributed by atoms with Crippen molar-refractivity contribution in [3.05, 3.63) is 59.7 Å². The molecule has 1 aliphatic heterocycles. The molecule has 1 radical (unpaired) electrons. The lowest BCUT2D eigenvalue weighted by atomic mass is 9.94. The summed E-state index contributed by atoms with van der Waals surface area (Å²) in [5.41, 5.74) is 4.20. The number of carbonyl (C=O) groups excluding carboxylic acids is 1. The van der Waals surface area contributed by atoms with Crippen LogP contribution in [0.1, 0.15) is 11.1 Å². The number of amides is 1. The van der Waals surface area contributed by atoms with Crippen LogP contribution in [0.3, 0.4) is 0 Å². The van der Waals surface area contributed by atoms with E-state index >= 15 is 0 Å². The van der Waals surface area contributed by atoms with Gasteiger partial charge in [0.05, 0.1) is 11.8 Å². The summed E-state index contributed by atoms with van der Waals surface area (Å²) in [6.07, 6.45) is -8.50. The van der Waals surface area contributed by atoms with Crippen LogP contribution >= 0.6 is 0 Å². The van der Waals surface area contributed by atoms with E-state index < -0.39 is 30.1 Å². The molecule has 0 unspecified atom stereocenters. The first-order chi connectivity index (χ1) is 13.5. The third-order valence-electron chi connectivity index (χ3n) is 3.59. The zero-order chi connectivity index (χ0) is 21.2. The standard InChI is InChI=1S/C18H9F6N2O3/c19-17(20,21)28-12-5-1-10(2-6-12)14-9-25-26-16(27)15(14)11-3-7-13(8-4-11)29-18(22,23)24/h1-9H. The number of benzene rings is 2. The van der Waals surface area contributed by atoms with Crippen molar-refractivity contribution in [2.24, 2.45) is 5.10 Å². The number of rotatable bonds is 4. The molecule has 3 rings (SSSR count). The number of allylic oxidation sites excluding steroid dienone is 1. The molecule has 151 valence electrons. The molecule has 0 saturated carbocycles. The first kappa shape index (κ1) is 20.2. The number of nitrogens with zero attached hydrogens (tertiary/aromatic N) is 2. The third kappa shape index (κ3) is 5.27. The quantitative estimate of drug-likeness (QED) is 0.690. The predicted molar refractivity (Wildman–Crippen MR) is 88.7 cm³/mol. The molecule has 2 aromatic rings. The Bertz CT molecular complexity index is 961. The van der Waals surface area contributed by atoms with Crippen molar-refractivity contribution in [1.82, 2.24) is 5.43 Å². The largest absolute Gasteiger partial charge is 0.573 e. The molecule has 0 aromatic heterocycles. The van der Waals surface area contributed by atoms with E-state index in [-0.39, 0.29) is 16.7 Å². The maximum absolute atomic E-state index is 12.3. The highest BCUT2D eigenvalue weighted by molar-refractivity contribution is 6.37. The average Bonchev–Trinajstić information content (AvgIpc) is 2.60. The van der Waals surface area contributed by atoms with Gasteiger partial charge >= 0.3 is 12.7 Å². The minimum Gasteiger partial charge on any atom is -0.406 e. The van der Waals surface area contributed by atoms with Gasteiger partial charge in [0.1, 0.15) is 11.5 Å². The van der Waals surface area contributed by atoms with Gasteiger partial charge in [0.2, 0.25) is 0 Å². The molecule has 5 nitrogen and oxygen atoms in total. The smallest absolute Gasteiger partial charge is 0.406 e. The van der Waals surface area contributed by atoms with Crippen molar-refractivity contribution in [1.29, 1.82) is 0 Å². The Hall–Kier alpha value is -3.50. The second-order valence-electron chi connectivity index (χ2n) is 5.58. The second-order valence-corrected chi connectivity index (χ2v) is 5.58. The molecule has 1 heterocycles. The highest BCUT2D eigenvalue weighted by Crippen LogP contribution is 2.32. The molecule has 0 atom stereocenters. The number of carbonyl (C=O) groups is 1. The lowest BCUT2D eigenvalue weighted by Crippen LogP contribution is -2.19. The van der Waals surface area contributed by atoms with E-state index in [9.17, 15) is 31.1 Å². The molecule has 29 heavy (non-hydrogen) atoms. The van der Waals surface area contributed by atoms with Crippen LogP contribution in [-0.2, 0) is 4.79 Å². The lowest BCUT2D eigenvalue weighted by Gasteiger charge is -2.16. The van der Waals surface area contributed by atoms with Crippen molar-refractivity contribution in [2.75, 3.05) is 0 Å². The second kappa shape index (κ2) is 7.49. The van der Waals surface area contributed by atoms with Gasteiger partial charge in [-0.05, 0) is 35.4 Å². The fourth-order valence-electron chi connectivity index (χ4n) is 2.53. The van der Waals surface area contributed by atoms with Crippen molar-refractivity contribution < 1.29 is 40.6 Å². The molecular formula is C18H9F6N2O3. The maximum Gasteiger partial charge on any atom is 0.573 e. The number of halogens is 6. The monoisotopic (exact) mass is 415 g/mol. The van der Waals surface area contributed by atoms with Gasteiger partial charge in [-0.2, -0.15) is 5.10 Å². The van der Waals surface area contributed by atoms with Gasteiger partial charge in [-0.1, -0.05) is 24.3 Å². The van der Waals surface area contributed by atoms with Crippen LogP contribution in [-0.4, -0.2) is 24.8 Å². The topological polar surface area (TPSA) is 62.0 Å². The van der Waals surface area contributed by atoms with E-state index in [0.29, 0.717) is 5.56 Å². The molecule has 1 aliphatic rings. The van der Waals surface area contributed by atoms with Crippen LogP contribution in [0, 0.1) is 0 Å². The molecular weight excluding hydrogens is 406 g/mol. The van der Waals surface area contributed by atoms with Crippen molar-refractivity contribution in [3.63, 3.8) is 0 Å². The van der Waals surface area contributed by atoms with Crippen LogP contribution < -0.4 is 14.9 Å². The zero-order valence-electron chi connectivity index (χ0n) is 14.1. The van der Waals surface area contributed by atoms with E-state index in [1.54, 1.807) is 0 Å². The van der Waals surface area contributed by atoms with Crippen LogP contribution in [0.5, 0.6) is 11.5 Å². The Morgan fingerprint density at radius 2 is 1.14 bits per heavy atom. The molecule has 11 heteroatoms. The van der Waals surface area contributed by atoms with Crippen molar-refractivity contribution >= 4 is 23.3 Å². The number of alkyl halides is 6. The van der Waals surface area contributed by atoms with Crippen molar-refractivity contribution in [3.8, 4) is 11.5 Å². The zero-order valence-corrected chi connectivity index (χ0v) is 14.1. The van der Waals surface area contributed by atoms with Gasteiger partial charge in [0.15, 0.2) is 0 Å². The Morgan fingerprint density at radius 1 is 0.690 bits per heavy atom. The minimum absolute atomic E-state index is 0.0167. The van der Waals surface area contributed by atoms with Gasteiger partial charge in [-0.15, -0.1) is 31.8 Å². The number of hydrogen-bond donors (Lipinski definition) is 0. The van der Waals surface area contributed by atoms with Crippen LogP contribution in [0.15, 0.2) is 53.6 Å². The summed E-state index contributed by atoms with van der Waals surface area (Å²) in [6, 6.07) is 9.16. The SMILES string of the molecule is O=C1[N]N=CC(c2ccc(OC(F)(F)F)cc2)=C1c1ccc(OC(F)(F)F)cc1. The summed E-state index contributed by atoms with van der Waals surface area (Å²) in [4.78, 5) is 12.2. The maximum atomic E-state index is 12.3. The fourth-order valence-corrected chi connectivity index (χ4v) is 2.53. The van der Waals surface area contributed by atoms with E-state index in [4.69, 9.17) is 0 Å². The van der Waals surface area contributed by atoms with E-state index in [0.717, 1.165) is 24.3 Å². The van der Waals surface area contributed by atoms with E-state index in [1.807, 2.05) is 0 Å². The lowest BCUT2D eigenvalue weighted by molar-refractivity contribution is -0.275. The molecule has 0 aliphatic carbocycles. The molecule has 1 amide bonds. The van der Waals surface area contributed by atoms with Gasteiger partial charge in [0.25, 0.3) is 5.91 Å². The third-order valence-corrected chi connectivity index (χ3v) is 3.59. The van der Waals surface area contributed by atoms with Gasteiger partial charge in [-0.3, -0.25) is 4.79 Å². The Balaban J connectivity index is 1.96. The average molecular weight is 415 g/mol. The summed E-state index contributed by atoms with van der Waals surface area (Å²) in [5.74, 6) is -1.70. The van der Waals surface area contributed by atoms with E-state index in [1.165, 1.54) is 30.5 Å². The molecule has 2 aromatic carbocycles. The first-order valence-corrected chi connectivity index (χ1v) is 7.77.